The van der Waals surface area contributed by atoms with Crippen LogP contribution in [0.3, 0.4) is 0 Å². The van der Waals surface area contributed by atoms with Gasteiger partial charge in [0, 0.05) is 11.1 Å². The van der Waals surface area contributed by atoms with Gasteiger partial charge in [-0.1, -0.05) is 35.3 Å². The molecule has 0 fully saturated rings. The van der Waals surface area contributed by atoms with Crippen molar-refractivity contribution in [2.24, 2.45) is 0 Å². The Kier molecular flexibility index (Phi) is 7.71. The first-order valence-corrected chi connectivity index (χ1v) is 9.11. The highest BCUT2D eigenvalue weighted by Crippen LogP contribution is 2.28. The molecule has 0 aliphatic carbocycles. The van der Waals surface area contributed by atoms with Crippen LogP contribution in [0, 0.1) is 10.1 Å². The van der Waals surface area contributed by atoms with Gasteiger partial charge in [0.1, 0.15) is 11.3 Å². The van der Waals surface area contributed by atoms with Crippen molar-refractivity contribution in [1.82, 2.24) is 16.2 Å². The number of nitrogens with zero attached hydrogens (tertiary/aromatic N) is 1. The smallest absolute Gasteiger partial charge is 0.282 e. The van der Waals surface area contributed by atoms with Crippen molar-refractivity contribution < 1.29 is 19.2 Å². The number of benzene rings is 2. The molecule has 12 heteroatoms. The first-order chi connectivity index (χ1) is 13.7. The highest BCUT2D eigenvalue weighted by Gasteiger charge is 2.21. The van der Waals surface area contributed by atoms with E-state index in [-0.39, 0.29) is 27.1 Å². The maximum atomic E-state index is 12.2. The number of rotatable bonds is 5. The van der Waals surface area contributed by atoms with Gasteiger partial charge in [0.25, 0.3) is 17.5 Å². The predicted molar refractivity (Wildman–Crippen MR) is 111 cm³/mol. The summed E-state index contributed by atoms with van der Waals surface area (Å²) >= 11 is 16.7. The van der Waals surface area contributed by atoms with Gasteiger partial charge in [-0.05, 0) is 43.4 Å². The average molecular weight is 457 g/mol. The highest BCUT2D eigenvalue weighted by atomic mass is 35.5. The zero-order chi connectivity index (χ0) is 21.6. The fourth-order valence-corrected chi connectivity index (χ4v) is 2.66. The lowest BCUT2D eigenvalue weighted by Crippen LogP contribution is -2.51. The summed E-state index contributed by atoms with van der Waals surface area (Å²) < 4.78 is 5.44. The fraction of sp³-hybridized carbons (Fsp3) is 0.118. The molecule has 0 saturated carbocycles. The van der Waals surface area contributed by atoms with E-state index >= 15 is 0 Å². The van der Waals surface area contributed by atoms with E-state index in [1.165, 1.54) is 43.3 Å². The Balaban J connectivity index is 1.89. The maximum absolute atomic E-state index is 12.2. The number of thiocarbonyl (C=S) groups is 1. The number of hydrogen-bond donors (Lipinski definition) is 3. The van der Waals surface area contributed by atoms with Gasteiger partial charge in [0.15, 0.2) is 11.2 Å². The minimum absolute atomic E-state index is 0.179. The predicted octanol–water partition coefficient (Wildman–Crippen LogP) is 3.00. The normalized spacial score (nSPS) is 11.1. The lowest BCUT2D eigenvalue weighted by atomic mass is 10.1. The topological polar surface area (TPSA) is 123 Å². The molecule has 0 aromatic heterocycles. The number of carbonyl (C=O) groups is 2. The van der Waals surface area contributed by atoms with Crippen LogP contribution in [0.15, 0.2) is 42.5 Å². The Morgan fingerprint density at radius 3 is 2.52 bits per heavy atom. The highest BCUT2D eigenvalue weighted by molar-refractivity contribution is 7.80. The lowest BCUT2D eigenvalue weighted by molar-refractivity contribution is -0.385. The lowest BCUT2D eigenvalue weighted by Gasteiger charge is -2.17. The molecule has 0 saturated heterocycles. The van der Waals surface area contributed by atoms with Crippen LogP contribution in [-0.2, 0) is 4.79 Å². The van der Waals surface area contributed by atoms with Gasteiger partial charge in [0.05, 0.1) is 9.95 Å². The quantitative estimate of drug-likeness (QED) is 0.358. The van der Waals surface area contributed by atoms with E-state index in [0.29, 0.717) is 5.02 Å². The Labute approximate surface area is 180 Å². The van der Waals surface area contributed by atoms with Crippen LogP contribution >= 0.6 is 35.4 Å². The Morgan fingerprint density at radius 2 is 1.86 bits per heavy atom. The Morgan fingerprint density at radius 1 is 1.17 bits per heavy atom. The van der Waals surface area contributed by atoms with E-state index in [4.69, 9.17) is 40.2 Å². The number of hydrazine groups is 1. The molecule has 29 heavy (non-hydrogen) atoms. The molecule has 0 radical (unpaired) electrons. The molecule has 3 N–H and O–H groups in total. The summed E-state index contributed by atoms with van der Waals surface area (Å²) in [6.07, 6.45) is -0.963. The summed E-state index contributed by atoms with van der Waals surface area (Å²) in [6.45, 7) is 1.47. The SMILES string of the molecule is CC(Oc1ccc(Cl)cc1Cl)C(=O)NNC(=S)NC(=O)c1ccccc1[N+](=O)[O-]. The summed E-state index contributed by atoms with van der Waals surface area (Å²) in [6, 6.07) is 9.91. The van der Waals surface area contributed by atoms with E-state index in [2.05, 4.69) is 16.2 Å². The van der Waals surface area contributed by atoms with Crippen LogP contribution in [0.2, 0.25) is 10.0 Å². The number of hydrogen-bond acceptors (Lipinski definition) is 6. The van der Waals surface area contributed by atoms with Gasteiger partial charge in [-0.3, -0.25) is 35.9 Å². The van der Waals surface area contributed by atoms with Gasteiger partial charge in [0.2, 0.25) is 0 Å². The molecule has 0 aliphatic rings. The van der Waals surface area contributed by atoms with Crippen LogP contribution in [0.25, 0.3) is 0 Å². The van der Waals surface area contributed by atoms with Crippen molar-refractivity contribution in [3.05, 3.63) is 68.2 Å². The van der Waals surface area contributed by atoms with E-state index in [1.807, 2.05) is 0 Å². The summed E-state index contributed by atoms with van der Waals surface area (Å²) in [5, 5.41) is 13.6. The molecule has 1 unspecified atom stereocenters. The second-order valence-electron chi connectivity index (χ2n) is 5.51. The first kappa shape index (κ1) is 22.3. The molecule has 2 rings (SSSR count). The van der Waals surface area contributed by atoms with Crippen LogP contribution < -0.4 is 20.9 Å². The van der Waals surface area contributed by atoms with Crippen molar-refractivity contribution in [2.75, 3.05) is 0 Å². The molecule has 2 aromatic rings. The monoisotopic (exact) mass is 456 g/mol. The number of ether oxygens (including phenoxy) is 1. The number of amides is 2. The Hall–Kier alpha value is -2.95. The largest absolute Gasteiger partial charge is 0.479 e. The molecule has 1 atom stereocenters. The zero-order valence-corrected chi connectivity index (χ0v) is 17.1. The molecule has 0 heterocycles. The number of nitro groups is 1. The van der Waals surface area contributed by atoms with Crippen LogP contribution in [0.1, 0.15) is 17.3 Å². The number of nitro benzene ring substituents is 1. The van der Waals surface area contributed by atoms with Crippen LogP contribution in [-0.4, -0.2) is 28.0 Å². The second-order valence-corrected chi connectivity index (χ2v) is 6.76. The third kappa shape index (κ3) is 6.28. The van der Waals surface area contributed by atoms with E-state index < -0.39 is 22.8 Å². The van der Waals surface area contributed by atoms with Crippen molar-refractivity contribution in [2.45, 2.75) is 13.0 Å². The van der Waals surface area contributed by atoms with E-state index in [0.717, 1.165) is 0 Å². The number of halogens is 2. The maximum Gasteiger partial charge on any atom is 0.282 e. The third-order valence-corrected chi connectivity index (χ3v) is 4.17. The molecule has 0 spiro atoms. The molecule has 9 nitrogen and oxygen atoms in total. The average Bonchev–Trinajstić information content (AvgIpc) is 2.68. The van der Waals surface area contributed by atoms with Crippen molar-refractivity contribution >= 4 is 58.0 Å². The summed E-state index contributed by atoms with van der Waals surface area (Å²) in [5.74, 6) is -1.16. The van der Waals surface area contributed by atoms with Crippen LogP contribution in [0.5, 0.6) is 5.75 Å². The molecule has 2 aromatic carbocycles. The molecule has 2 amide bonds. The summed E-state index contributed by atoms with van der Waals surface area (Å²) in [4.78, 5) is 34.6. The summed E-state index contributed by atoms with van der Waals surface area (Å²) in [7, 11) is 0. The fourth-order valence-electron chi connectivity index (χ4n) is 2.06. The molecule has 152 valence electrons. The number of carbonyl (C=O) groups excluding carboxylic acids is 2. The summed E-state index contributed by atoms with van der Waals surface area (Å²) in [5.41, 5.74) is 4.02. The van der Waals surface area contributed by atoms with E-state index in [1.54, 1.807) is 6.07 Å². The number of para-hydroxylation sites is 1. The van der Waals surface area contributed by atoms with Gasteiger partial charge in [-0.2, -0.15) is 0 Å². The standard InChI is InChI=1S/C17H14Cl2N4O5S/c1-9(28-14-7-6-10(18)8-12(14)19)15(24)21-22-17(29)20-16(25)11-4-2-3-5-13(11)23(26)27/h2-9H,1H3,(H,21,24)(H2,20,22,25,29). The molecule has 0 aliphatic heterocycles. The second kappa shape index (κ2) is 10.0. The van der Waals surface area contributed by atoms with Gasteiger partial charge >= 0.3 is 0 Å². The van der Waals surface area contributed by atoms with Crippen molar-refractivity contribution in [1.29, 1.82) is 0 Å². The molecular weight excluding hydrogens is 443 g/mol. The third-order valence-electron chi connectivity index (χ3n) is 3.44. The van der Waals surface area contributed by atoms with Crippen molar-refractivity contribution in [3.8, 4) is 5.75 Å². The van der Waals surface area contributed by atoms with Gasteiger partial charge in [-0.15, -0.1) is 0 Å². The van der Waals surface area contributed by atoms with Gasteiger partial charge in [-0.25, -0.2) is 0 Å². The van der Waals surface area contributed by atoms with Gasteiger partial charge < -0.3 is 4.74 Å². The van der Waals surface area contributed by atoms with Crippen LogP contribution in [0.4, 0.5) is 5.69 Å². The molecular formula is C17H14Cl2N4O5S. The van der Waals surface area contributed by atoms with Crippen molar-refractivity contribution in [3.63, 3.8) is 0 Å². The minimum atomic E-state index is -0.963. The Bertz CT molecular complexity index is 973. The van der Waals surface area contributed by atoms with E-state index in [9.17, 15) is 19.7 Å². The minimum Gasteiger partial charge on any atom is -0.479 e. The molecule has 0 bridgehead atoms. The number of nitrogens with one attached hydrogen (secondary N) is 3. The zero-order valence-electron chi connectivity index (χ0n) is 14.8. The first-order valence-electron chi connectivity index (χ1n) is 7.95.